The Labute approximate surface area is 177 Å². The number of piperazine rings is 1. The molecular formula is C24H28N2O4. The Balaban J connectivity index is 1.49. The highest BCUT2D eigenvalue weighted by Gasteiger charge is 2.25. The molecule has 2 aromatic carbocycles. The fourth-order valence-electron chi connectivity index (χ4n) is 3.39. The molecule has 6 nitrogen and oxygen atoms in total. The van der Waals surface area contributed by atoms with Crippen LogP contribution >= 0.6 is 0 Å². The summed E-state index contributed by atoms with van der Waals surface area (Å²) in [6.45, 7) is 7.59. The quantitative estimate of drug-likeness (QED) is 0.688. The molecule has 158 valence electrons. The van der Waals surface area contributed by atoms with Gasteiger partial charge in [-0.2, -0.15) is 0 Å². The van der Waals surface area contributed by atoms with Crippen LogP contribution in [0.2, 0.25) is 0 Å². The van der Waals surface area contributed by atoms with Gasteiger partial charge in [0.2, 0.25) is 0 Å². The second kappa shape index (κ2) is 9.57. The number of hydrogen-bond acceptors (Lipinski definition) is 4. The van der Waals surface area contributed by atoms with Gasteiger partial charge in [-0.15, -0.1) is 0 Å². The summed E-state index contributed by atoms with van der Waals surface area (Å²) < 4.78 is 5.56. The molecule has 30 heavy (non-hydrogen) atoms. The minimum Gasteiger partial charge on any atom is -0.484 e. The van der Waals surface area contributed by atoms with E-state index < -0.39 is 0 Å². The van der Waals surface area contributed by atoms with Crippen molar-refractivity contribution in [2.24, 2.45) is 0 Å². The number of hydrogen-bond donors (Lipinski definition) is 0. The van der Waals surface area contributed by atoms with E-state index in [0.29, 0.717) is 49.0 Å². The van der Waals surface area contributed by atoms with E-state index in [2.05, 4.69) is 13.8 Å². The number of benzene rings is 2. The van der Waals surface area contributed by atoms with Crippen molar-refractivity contribution >= 4 is 17.6 Å². The molecule has 2 aromatic rings. The summed E-state index contributed by atoms with van der Waals surface area (Å²) in [7, 11) is 0. The van der Waals surface area contributed by atoms with Gasteiger partial charge in [0.05, 0.1) is 0 Å². The van der Waals surface area contributed by atoms with Crippen LogP contribution in [0.1, 0.15) is 53.0 Å². The lowest BCUT2D eigenvalue weighted by molar-refractivity contribution is -0.134. The number of ketones is 1. The Morgan fingerprint density at radius 3 is 2.13 bits per heavy atom. The van der Waals surface area contributed by atoms with Crippen molar-refractivity contribution in [3.05, 3.63) is 65.2 Å². The summed E-state index contributed by atoms with van der Waals surface area (Å²) in [5, 5.41) is 0. The van der Waals surface area contributed by atoms with Crippen LogP contribution in [0.15, 0.2) is 48.5 Å². The molecule has 1 heterocycles. The molecule has 3 rings (SSSR count). The molecule has 6 heteroatoms. The predicted octanol–water partition coefficient (Wildman–Crippen LogP) is 3.38. The molecule has 1 aliphatic heterocycles. The lowest BCUT2D eigenvalue weighted by atomic mass is 10.0. The van der Waals surface area contributed by atoms with Crippen molar-refractivity contribution in [2.75, 3.05) is 32.8 Å². The van der Waals surface area contributed by atoms with Crippen LogP contribution in [0.5, 0.6) is 5.75 Å². The minimum absolute atomic E-state index is 0.00490. The summed E-state index contributed by atoms with van der Waals surface area (Å²) in [5.74, 6) is 0.739. The molecule has 0 unspecified atom stereocenters. The van der Waals surface area contributed by atoms with Gasteiger partial charge in [-0.05, 0) is 42.7 Å². The van der Waals surface area contributed by atoms with E-state index in [1.807, 2.05) is 24.3 Å². The van der Waals surface area contributed by atoms with Gasteiger partial charge in [-0.25, -0.2) is 0 Å². The van der Waals surface area contributed by atoms with E-state index in [4.69, 9.17) is 4.74 Å². The highest BCUT2D eigenvalue weighted by atomic mass is 16.5. The number of amides is 2. The van der Waals surface area contributed by atoms with Crippen LogP contribution in [0.4, 0.5) is 0 Å². The normalized spacial score (nSPS) is 14.0. The van der Waals surface area contributed by atoms with Crippen LogP contribution in [0, 0.1) is 0 Å². The third kappa shape index (κ3) is 5.26. The lowest BCUT2D eigenvalue weighted by Crippen LogP contribution is -2.51. The zero-order chi connectivity index (χ0) is 21.7. The summed E-state index contributed by atoms with van der Waals surface area (Å²) >= 11 is 0. The van der Waals surface area contributed by atoms with E-state index in [1.165, 1.54) is 12.5 Å². The fourth-order valence-corrected chi connectivity index (χ4v) is 3.39. The van der Waals surface area contributed by atoms with Gasteiger partial charge in [0.1, 0.15) is 5.75 Å². The molecule has 0 aromatic heterocycles. The van der Waals surface area contributed by atoms with Gasteiger partial charge >= 0.3 is 0 Å². The Hall–Kier alpha value is -3.15. The van der Waals surface area contributed by atoms with Crippen molar-refractivity contribution in [2.45, 2.75) is 26.7 Å². The molecule has 0 saturated carbocycles. The minimum atomic E-state index is -0.128. The van der Waals surface area contributed by atoms with Gasteiger partial charge in [0, 0.05) is 37.3 Å². The van der Waals surface area contributed by atoms with Crippen LogP contribution in [0.25, 0.3) is 0 Å². The first-order valence-corrected chi connectivity index (χ1v) is 10.3. The van der Waals surface area contributed by atoms with Gasteiger partial charge in [0.15, 0.2) is 12.4 Å². The molecule has 0 bridgehead atoms. The maximum absolute atomic E-state index is 12.7. The van der Waals surface area contributed by atoms with Gasteiger partial charge < -0.3 is 14.5 Å². The SMILES string of the molecule is CC(=O)c1cccc(OCC(=O)N2CCN(C(=O)c3ccc(C(C)C)cc3)CC2)c1. The molecule has 0 spiro atoms. The van der Waals surface area contributed by atoms with Crippen LogP contribution in [0.3, 0.4) is 0 Å². The number of nitrogens with zero attached hydrogens (tertiary/aromatic N) is 2. The smallest absolute Gasteiger partial charge is 0.260 e. The second-order valence-electron chi connectivity index (χ2n) is 7.82. The fraction of sp³-hybridized carbons (Fsp3) is 0.375. The Morgan fingerprint density at radius 2 is 1.53 bits per heavy atom. The third-order valence-corrected chi connectivity index (χ3v) is 5.35. The number of ether oxygens (including phenoxy) is 1. The lowest BCUT2D eigenvalue weighted by Gasteiger charge is -2.34. The van der Waals surface area contributed by atoms with E-state index in [0.717, 1.165) is 0 Å². The van der Waals surface area contributed by atoms with Gasteiger partial charge in [-0.1, -0.05) is 38.1 Å². The van der Waals surface area contributed by atoms with Gasteiger partial charge in [0.25, 0.3) is 11.8 Å². The monoisotopic (exact) mass is 408 g/mol. The Morgan fingerprint density at radius 1 is 0.900 bits per heavy atom. The van der Waals surface area contributed by atoms with Crippen molar-refractivity contribution < 1.29 is 19.1 Å². The average molecular weight is 408 g/mol. The van der Waals surface area contributed by atoms with Gasteiger partial charge in [-0.3, -0.25) is 14.4 Å². The van der Waals surface area contributed by atoms with E-state index >= 15 is 0 Å². The van der Waals surface area contributed by atoms with E-state index in [1.54, 1.807) is 34.1 Å². The zero-order valence-electron chi connectivity index (χ0n) is 17.8. The summed E-state index contributed by atoms with van der Waals surface area (Å²) in [5.41, 5.74) is 2.43. The number of carbonyl (C=O) groups is 3. The van der Waals surface area contributed by atoms with Crippen LogP contribution in [-0.2, 0) is 4.79 Å². The third-order valence-electron chi connectivity index (χ3n) is 5.35. The van der Waals surface area contributed by atoms with Crippen molar-refractivity contribution in [3.63, 3.8) is 0 Å². The summed E-state index contributed by atoms with van der Waals surface area (Å²) in [4.78, 5) is 40.1. The first kappa shape index (κ1) is 21.6. The molecule has 0 atom stereocenters. The molecule has 0 aliphatic carbocycles. The van der Waals surface area contributed by atoms with Crippen molar-refractivity contribution in [1.29, 1.82) is 0 Å². The number of carbonyl (C=O) groups excluding carboxylic acids is 3. The Kier molecular flexibility index (Phi) is 6.87. The van der Waals surface area contributed by atoms with E-state index in [9.17, 15) is 14.4 Å². The van der Waals surface area contributed by atoms with E-state index in [-0.39, 0.29) is 24.2 Å². The van der Waals surface area contributed by atoms with Crippen molar-refractivity contribution in [3.8, 4) is 5.75 Å². The molecular weight excluding hydrogens is 380 g/mol. The molecule has 1 saturated heterocycles. The average Bonchev–Trinajstić information content (AvgIpc) is 2.77. The molecule has 1 fully saturated rings. The maximum Gasteiger partial charge on any atom is 0.260 e. The zero-order valence-corrected chi connectivity index (χ0v) is 17.8. The second-order valence-corrected chi connectivity index (χ2v) is 7.82. The number of rotatable bonds is 6. The maximum atomic E-state index is 12.7. The highest BCUT2D eigenvalue weighted by molar-refractivity contribution is 5.95. The predicted molar refractivity (Wildman–Crippen MR) is 115 cm³/mol. The first-order valence-electron chi connectivity index (χ1n) is 10.3. The summed E-state index contributed by atoms with van der Waals surface area (Å²) in [6, 6.07) is 14.5. The molecule has 1 aliphatic rings. The summed E-state index contributed by atoms with van der Waals surface area (Å²) in [6.07, 6.45) is 0. The molecule has 0 radical (unpaired) electrons. The first-order chi connectivity index (χ1) is 14.3. The van der Waals surface area contributed by atoms with Crippen molar-refractivity contribution in [1.82, 2.24) is 9.80 Å². The number of Topliss-reactive ketones (excluding diaryl/α,β-unsaturated/α-hetero) is 1. The highest BCUT2D eigenvalue weighted by Crippen LogP contribution is 2.17. The van der Waals surface area contributed by atoms with Crippen LogP contribution in [-0.4, -0.2) is 60.2 Å². The molecule has 0 N–H and O–H groups in total. The van der Waals surface area contributed by atoms with Crippen LogP contribution < -0.4 is 4.74 Å². The topological polar surface area (TPSA) is 66.9 Å². The largest absolute Gasteiger partial charge is 0.484 e. The molecule has 2 amide bonds. The standard InChI is InChI=1S/C24H28N2O4/c1-17(2)19-7-9-20(10-8-19)24(29)26-13-11-25(12-14-26)23(28)16-30-22-6-4-5-21(15-22)18(3)27/h4-10,15,17H,11-14,16H2,1-3H3. The Bertz CT molecular complexity index is 913.